The van der Waals surface area contributed by atoms with Gasteiger partial charge in [-0.15, -0.1) is 5.10 Å². The van der Waals surface area contributed by atoms with E-state index in [1.807, 2.05) is 23.0 Å². The van der Waals surface area contributed by atoms with Crippen LogP contribution in [0.5, 0.6) is 0 Å². The minimum absolute atomic E-state index is 0.608. The molecule has 4 rings (SSSR count). The second kappa shape index (κ2) is 3.33. The first-order valence-corrected chi connectivity index (χ1v) is 5.36. The van der Waals surface area contributed by atoms with Crippen LogP contribution in [0, 0.1) is 0 Å². The Balaban J connectivity index is 2.02. The number of fused-ring (bicyclic) bond motifs is 3. The summed E-state index contributed by atoms with van der Waals surface area (Å²) in [5, 5.41) is 4.28. The molecule has 4 aromatic rings. The predicted molar refractivity (Wildman–Crippen MR) is 60.5 cm³/mol. The summed E-state index contributed by atoms with van der Waals surface area (Å²) in [6, 6.07) is 1.90. The first-order valence-electron chi connectivity index (χ1n) is 5.36. The van der Waals surface area contributed by atoms with Gasteiger partial charge in [-0.3, -0.25) is 0 Å². The monoisotopic (exact) mass is 237 g/mol. The van der Waals surface area contributed by atoms with Crippen molar-refractivity contribution in [3.63, 3.8) is 0 Å². The lowest BCUT2D eigenvalue weighted by Crippen LogP contribution is -2.28. The zero-order valence-electron chi connectivity index (χ0n) is 9.17. The highest BCUT2D eigenvalue weighted by atomic mass is 15.5. The van der Waals surface area contributed by atoms with Crippen molar-refractivity contribution in [2.45, 2.75) is 0 Å². The molecule has 0 unspecified atom stereocenters. The fourth-order valence-electron chi connectivity index (χ4n) is 1.85. The van der Waals surface area contributed by atoms with Gasteiger partial charge in [-0.2, -0.15) is 4.52 Å². The van der Waals surface area contributed by atoms with Crippen LogP contribution in [-0.2, 0) is 0 Å². The average molecular weight is 237 g/mol. The molecule has 0 atom stereocenters. The van der Waals surface area contributed by atoms with Gasteiger partial charge >= 0.3 is 0 Å². The molecule has 7 nitrogen and oxygen atoms in total. The van der Waals surface area contributed by atoms with Gasteiger partial charge in [0, 0.05) is 30.2 Å². The number of hydrogen-bond acceptors (Lipinski definition) is 4. The van der Waals surface area contributed by atoms with Crippen LogP contribution in [0.25, 0.3) is 22.6 Å². The molecule has 0 spiro atoms. The summed E-state index contributed by atoms with van der Waals surface area (Å²) in [5.41, 5.74) is 2.88. The van der Waals surface area contributed by atoms with E-state index in [1.54, 1.807) is 23.2 Å². The molecule has 0 aliphatic heterocycles. The van der Waals surface area contributed by atoms with Gasteiger partial charge in [0.2, 0.25) is 6.20 Å². The second-order valence-electron chi connectivity index (χ2n) is 3.79. The van der Waals surface area contributed by atoms with Gasteiger partial charge in [0.15, 0.2) is 5.65 Å². The molecule has 0 aromatic carbocycles. The van der Waals surface area contributed by atoms with E-state index >= 15 is 0 Å². The molecule has 0 bridgehead atoms. The Morgan fingerprint density at radius 2 is 2.06 bits per heavy atom. The highest BCUT2D eigenvalue weighted by molar-refractivity contribution is 5.68. The van der Waals surface area contributed by atoms with E-state index in [1.165, 1.54) is 6.33 Å². The van der Waals surface area contributed by atoms with Crippen LogP contribution < -0.4 is 9.73 Å². The van der Waals surface area contributed by atoms with Crippen molar-refractivity contribution in [2.75, 3.05) is 0 Å². The minimum Gasteiger partial charge on any atom is -0.360 e. The third kappa shape index (κ3) is 1.21. The number of aromatic nitrogens is 7. The molecule has 0 saturated heterocycles. The molecule has 86 valence electrons. The molecule has 7 heteroatoms. The Labute approximate surface area is 101 Å². The Bertz CT molecular complexity index is 830. The lowest BCUT2D eigenvalue weighted by Gasteiger charge is -2.00. The Morgan fingerprint density at radius 1 is 1.17 bits per heavy atom. The normalized spacial score (nSPS) is 11.3. The van der Waals surface area contributed by atoms with E-state index in [0.29, 0.717) is 11.3 Å². The summed E-state index contributed by atoms with van der Waals surface area (Å²) in [6.07, 6.45) is 10.3. The summed E-state index contributed by atoms with van der Waals surface area (Å²) < 4.78 is 3.52. The molecule has 0 fully saturated rings. The van der Waals surface area contributed by atoms with Gasteiger partial charge in [0.1, 0.15) is 12.0 Å². The van der Waals surface area contributed by atoms with E-state index in [2.05, 4.69) is 25.0 Å². The van der Waals surface area contributed by atoms with E-state index in [9.17, 15) is 0 Å². The first-order chi connectivity index (χ1) is 8.92. The molecule has 0 aliphatic rings. The van der Waals surface area contributed by atoms with Gasteiger partial charge in [0.05, 0.1) is 5.69 Å². The van der Waals surface area contributed by atoms with Gasteiger partial charge in [0.25, 0.3) is 0 Å². The molecular formula is C11H7N7. The summed E-state index contributed by atoms with van der Waals surface area (Å²) in [5.74, 6) is 0. The molecule has 4 heterocycles. The topological polar surface area (TPSA) is 74.2 Å². The van der Waals surface area contributed by atoms with Crippen LogP contribution in [0.1, 0.15) is 0 Å². The van der Waals surface area contributed by atoms with Crippen molar-refractivity contribution in [3.8, 4) is 11.3 Å². The largest absolute Gasteiger partial charge is 0.360 e. The van der Waals surface area contributed by atoms with Crippen molar-refractivity contribution in [3.05, 3.63) is 43.4 Å². The molecule has 0 amide bonds. The molecule has 0 saturated carbocycles. The zero-order valence-corrected chi connectivity index (χ0v) is 9.17. The van der Waals surface area contributed by atoms with E-state index in [4.69, 9.17) is 0 Å². The summed E-state index contributed by atoms with van der Waals surface area (Å²) in [6.45, 7) is 0. The Morgan fingerprint density at radius 3 is 2.94 bits per heavy atom. The maximum Gasteiger partial charge on any atom is 0.203 e. The van der Waals surface area contributed by atoms with Crippen LogP contribution in [0.15, 0.2) is 43.4 Å². The lowest BCUT2D eigenvalue weighted by atomic mass is 10.2. The predicted octanol–water partition coefficient (Wildman–Crippen LogP) is -0.118. The SMILES string of the molecule is c1cn2c3nc(-c4cncnc4)cnc3[n-][n+]2c1. The maximum atomic E-state index is 4.54. The summed E-state index contributed by atoms with van der Waals surface area (Å²) >= 11 is 0. The fourth-order valence-corrected chi connectivity index (χ4v) is 1.85. The zero-order chi connectivity index (χ0) is 11.9. The maximum absolute atomic E-state index is 4.54. The van der Waals surface area contributed by atoms with Crippen molar-refractivity contribution in [1.82, 2.24) is 29.5 Å². The van der Waals surface area contributed by atoms with Crippen LogP contribution >= 0.6 is 0 Å². The van der Waals surface area contributed by atoms with Crippen molar-refractivity contribution in [2.24, 2.45) is 0 Å². The van der Waals surface area contributed by atoms with Gasteiger partial charge in [-0.25, -0.2) is 15.0 Å². The molecule has 0 radical (unpaired) electrons. The van der Waals surface area contributed by atoms with Crippen LogP contribution in [0.4, 0.5) is 0 Å². The van der Waals surface area contributed by atoms with Crippen LogP contribution in [-0.4, -0.2) is 24.5 Å². The Hall–Kier alpha value is -2.83. The number of hydrogen-bond donors (Lipinski definition) is 0. The van der Waals surface area contributed by atoms with Crippen molar-refractivity contribution >= 4 is 11.3 Å². The highest BCUT2D eigenvalue weighted by Gasteiger charge is 2.07. The van der Waals surface area contributed by atoms with E-state index in [0.717, 1.165) is 11.3 Å². The molecule has 18 heavy (non-hydrogen) atoms. The van der Waals surface area contributed by atoms with Crippen molar-refractivity contribution < 1.29 is 4.63 Å². The quantitative estimate of drug-likeness (QED) is 0.431. The average Bonchev–Trinajstić information content (AvgIpc) is 2.99. The minimum atomic E-state index is 0.608. The first kappa shape index (κ1) is 9.23. The van der Waals surface area contributed by atoms with Gasteiger partial charge < -0.3 is 4.98 Å². The van der Waals surface area contributed by atoms with Gasteiger partial charge in [-0.05, 0) is 6.20 Å². The second-order valence-corrected chi connectivity index (χ2v) is 3.79. The number of nitrogens with zero attached hydrogens (tertiary/aromatic N) is 7. The van der Waals surface area contributed by atoms with E-state index < -0.39 is 0 Å². The summed E-state index contributed by atoms with van der Waals surface area (Å²) in [4.78, 5) is 16.8. The lowest BCUT2D eigenvalue weighted by molar-refractivity contribution is -0.674. The van der Waals surface area contributed by atoms with E-state index in [-0.39, 0.29) is 0 Å². The Kier molecular flexibility index (Phi) is 1.71. The number of rotatable bonds is 1. The molecular weight excluding hydrogens is 230 g/mol. The molecule has 4 aromatic heterocycles. The van der Waals surface area contributed by atoms with Crippen molar-refractivity contribution in [1.29, 1.82) is 0 Å². The molecule has 0 N–H and O–H groups in total. The standard InChI is InChI=1S/C11H7N7/c1-2-17-11-10(16-18(17)3-1)14-6-9(15-11)8-4-12-7-13-5-8/h1-7H. The fraction of sp³-hybridized carbons (Fsp3) is 0. The van der Waals surface area contributed by atoms with Crippen LogP contribution in [0.2, 0.25) is 0 Å². The van der Waals surface area contributed by atoms with Gasteiger partial charge in [-0.1, -0.05) is 4.63 Å². The summed E-state index contributed by atoms with van der Waals surface area (Å²) in [7, 11) is 0. The third-order valence-corrected chi connectivity index (χ3v) is 2.67. The molecule has 0 aliphatic carbocycles. The highest BCUT2D eigenvalue weighted by Crippen LogP contribution is 2.15. The third-order valence-electron chi connectivity index (χ3n) is 2.67. The van der Waals surface area contributed by atoms with Crippen LogP contribution in [0.3, 0.4) is 0 Å². The smallest absolute Gasteiger partial charge is 0.203 e.